The van der Waals surface area contributed by atoms with Crippen molar-refractivity contribution in [2.45, 2.75) is 29.2 Å². The third-order valence-corrected chi connectivity index (χ3v) is 2.63. The van der Waals surface area contributed by atoms with Crippen molar-refractivity contribution in [1.29, 1.82) is 0 Å². The standard InChI is InChI=1S/C9H12Cl3NO3/c1-5-6(3-4-7(15-2)16-5)13-8(14)9(10,11)12/h3-7H,1-2H3,(H,13,14)/t5-,6+,7+/m1/s1. The molecule has 0 aromatic rings. The summed E-state index contributed by atoms with van der Waals surface area (Å²) < 4.78 is 8.42. The largest absolute Gasteiger partial charge is 0.352 e. The summed E-state index contributed by atoms with van der Waals surface area (Å²) in [5, 5.41) is 2.55. The van der Waals surface area contributed by atoms with E-state index in [2.05, 4.69) is 5.32 Å². The number of nitrogens with one attached hydrogen (secondary N) is 1. The number of carbonyl (C=O) groups is 1. The molecule has 0 aromatic carbocycles. The van der Waals surface area contributed by atoms with Crippen LogP contribution in [0.3, 0.4) is 0 Å². The quantitative estimate of drug-likeness (QED) is 0.622. The highest BCUT2D eigenvalue weighted by atomic mass is 35.6. The summed E-state index contributed by atoms with van der Waals surface area (Å²) >= 11 is 16.3. The first-order valence-electron chi connectivity index (χ1n) is 4.59. The first-order chi connectivity index (χ1) is 7.34. The zero-order valence-corrected chi connectivity index (χ0v) is 11.0. The number of amides is 1. The van der Waals surface area contributed by atoms with E-state index in [1.165, 1.54) is 7.11 Å². The van der Waals surface area contributed by atoms with Crippen LogP contribution in [0.25, 0.3) is 0 Å². The van der Waals surface area contributed by atoms with Gasteiger partial charge >= 0.3 is 0 Å². The van der Waals surface area contributed by atoms with E-state index in [1.54, 1.807) is 19.1 Å². The van der Waals surface area contributed by atoms with Crippen LogP contribution >= 0.6 is 34.8 Å². The Morgan fingerprint density at radius 2 is 2.06 bits per heavy atom. The van der Waals surface area contributed by atoms with Crippen LogP contribution in [0.1, 0.15) is 6.92 Å². The highest BCUT2D eigenvalue weighted by molar-refractivity contribution is 6.76. The smallest absolute Gasteiger partial charge is 0.272 e. The van der Waals surface area contributed by atoms with Crippen LogP contribution in [0.15, 0.2) is 12.2 Å². The summed E-state index contributed by atoms with van der Waals surface area (Å²) in [7, 11) is 1.53. The monoisotopic (exact) mass is 287 g/mol. The second kappa shape index (κ2) is 5.56. The number of rotatable bonds is 2. The number of methoxy groups -OCH3 is 1. The predicted molar refractivity (Wildman–Crippen MR) is 62.7 cm³/mol. The summed E-state index contributed by atoms with van der Waals surface area (Å²) in [4.78, 5) is 11.4. The van der Waals surface area contributed by atoms with Gasteiger partial charge in [0.15, 0.2) is 6.29 Å². The molecule has 4 nitrogen and oxygen atoms in total. The van der Waals surface area contributed by atoms with Gasteiger partial charge in [-0.05, 0) is 13.0 Å². The van der Waals surface area contributed by atoms with Gasteiger partial charge in [-0.2, -0.15) is 0 Å². The van der Waals surface area contributed by atoms with E-state index in [0.29, 0.717) is 0 Å². The Morgan fingerprint density at radius 3 is 2.50 bits per heavy atom. The van der Waals surface area contributed by atoms with Gasteiger partial charge in [0.25, 0.3) is 9.70 Å². The third-order valence-electron chi connectivity index (χ3n) is 2.12. The number of alkyl halides is 3. The Balaban J connectivity index is 2.59. The summed E-state index contributed by atoms with van der Waals surface area (Å²) in [6.45, 7) is 1.79. The van der Waals surface area contributed by atoms with E-state index < -0.39 is 16.0 Å². The Morgan fingerprint density at radius 1 is 1.44 bits per heavy atom. The second-order valence-corrected chi connectivity index (χ2v) is 5.61. The van der Waals surface area contributed by atoms with Crippen LogP contribution in [-0.4, -0.2) is 35.2 Å². The Labute approximate surface area is 109 Å². The normalized spacial score (nSPS) is 30.2. The minimum absolute atomic E-state index is 0.258. The van der Waals surface area contributed by atoms with E-state index in [4.69, 9.17) is 44.3 Å². The van der Waals surface area contributed by atoms with E-state index in [1.807, 2.05) is 0 Å². The average Bonchev–Trinajstić information content (AvgIpc) is 2.19. The van der Waals surface area contributed by atoms with Crippen LogP contribution in [-0.2, 0) is 14.3 Å². The summed E-state index contributed by atoms with van der Waals surface area (Å²) in [5.41, 5.74) is 0. The van der Waals surface area contributed by atoms with Gasteiger partial charge in [0.05, 0.1) is 12.1 Å². The van der Waals surface area contributed by atoms with Gasteiger partial charge in [-0.15, -0.1) is 0 Å². The molecule has 0 bridgehead atoms. The molecule has 7 heteroatoms. The van der Waals surface area contributed by atoms with Gasteiger partial charge in [0, 0.05) is 7.11 Å². The van der Waals surface area contributed by atoms with Gasteiger partial charge in [-0.3, -0.25) is 4.79 Å². The van der Waals surface area contributed by atoms with Crippen LogP contribution < -0.4 is 5.32 Å². The van der Waals surface area contributed by atoms with Crippen molar-refractivity contribution in [3.63, 3.8) is 0 Å². The van der Waals surface area contributed by atoms with Crippen molar-refractivity contribution < 1.29 is 14.3 Å². The number of hydrogen-bond acceptors (Lipinski definition) is 3. The predicted octanol–water partition coefficient (Wildman–Crippen LogP) is 1.79. The molecule has 1 N–H and O–H groups in total. The zero-order chi connectivity index (χ0) is 12.3. The Hall–Kier alpha value is -0.0000000000000000763. The maximum atomic E-state index is 11.4. The van der Waals surface area contributed by atoms with Gasteiger partial charge in [0.2, 0.25) is 0 Å². The fraction of sp³-hybridized carbons (Fsp3) is 0.667. The molecule has 1 aliphatic heterocycles. The topological polar surface area (TPSA) is 47.6 Å². The first kappa shape index (κ1) is 14.1. The van der Waals surface area contributed by atoms with Gasteiger partial charge in [0.1, 0.15) is 0 Å². The summed E-state index contributed by atoms with van der Waals surface area (Å²) in [6, 6.07) is -0.338. The molecule has 1 heterocycles. The summed E-state index contributed by atoms with van der Waals surface area (Å²) in [5.74, 6) is -0.682. The fourth-order valence-corrected chi connectivity index (χ4v) is 1.40. The number of halogens is 3. The molecule has 0 radical (unpaired) electrons. The van der Waals surface area contributed by atoms with Crippen molar-refractivity contribution >= 4 is 40.7 Å². The van der Waals surface area contributed by atoms with Crippen molar-refractivity contribution in [1.82, 2.24) is 5.32 Å². The molecule has 0 aromatic heterocycles. The molecule has 3 atom stereocenters. The van der Waals surface area contributed by atoms with Crippen LogP contribution in [0, 0.1) is 0 Å². The van der Waals surface area contributed by atoms with Crippen molar-refractivity contribution in [3.8, 4) is 0 Å². The molecule has 0 saturated carbocycles. The highest BCUT2D eigenvalue weighted by Gasteiger charge is 2.34. The molecule has 0 saturated heterocycles. The van der Waals surface area contributed by atoms with Crippen LogP contribution in [0.4, 0.5) is 0 Å². The molecular formula is C9H12Cl3NO3. The number of hydrogen-bond donors (Lipinski definition) is 1. The maximum Gasteiger partial charge on any atom is 0.272 e. The van der Waals surface area contributed by atoms with Gasteiger partial charge < -0.3 is 14.8 Å². The van der Waals surface area contributed by atoms with Crippen molar-refractivity contribution in [2.24, 2.45) is 0 Å². The SMILES string of the molecule is CO[C@@H]1C=C[C@H](NC(=O)C(Cl)(Cl)Cl)[C@@H](C)O1. The molecule has 1 amide bonds. The molecular weight excluding hydrogens is 276 g/mol. The minimum Gasteiger partial charge on any atom is -0.352 e. The van der Waals surface area contributed by atoms with E-state index in [-0.39, 0.29) is 12.1 Å². The molecule has 0 fully saturated rings. The molecule has 0 aliphatic carbocycles. The minimum atomic E-state index is -1.97. The maximum absolute atomic E-state index is 11.4. The lowest BCUT2D eigenvalue weighted by atomic mass is 10.1. The van der Waals surface area contributed by atoms with Crippen molar-refractivity contribution in [3.05, 3.63) is 12.2 Å². The van der Waals surface area contributed by atoms with Crippen molar-refractivity contribution in [2.75, 3.05) is 7.11 Å². The van der Waals surface area contributed by atoms with Gasteiger partial charge in [-0.25, -0.2) is 0 Å². The lowest BCUT2D eigenvalue weighted by Crippen LogP contribution is -2.49. The lowest BCUT2D eigenvalue weighted by molar-refractivity contribution is -0.138. The Kier molecular flexibility index (Phi) is 4.88. The first-order valence-corrected chi connectivity index (χ1v) is 5.72. The van der Waals surface area contributed by atoms with E-state index in [9.17, 15) is 4.79 Å². The summed E-state index contributed by atoms with van der Waals surface area (Å²) in [6.07, 6.45) is 2.77. The molecule has 92 valence electrons. The Bertz CT molecular complexity index is 290. The van der Waals surface area contributed by atoms with E-state index >= 15 is 0 Å². The molecule has 1 aliphatic rings. The highest BCUT2D eigenvalue weighted by Crippen LogP contribution is 2.26. The second-order valence-electron chi connectivity index (χ2n) is 3.33. The number of carbonyl (C=O) groups excluding carboxylic acids is 1. The third kappa shape index (κ3) is 3.79. The molecule has 1 rings (SSSR count). The zero-order valence-electron chi connectivity index (χ0n) is 8.75. The van der Waals surface area contributed by atoms with Crippen LogP contribution in [0.2, 0.25) is 0 Å². The average molecular weight is 289 g/mol. The lowest BCUT2D eigenvalue weighted by Gasteiger charge is -2.30. The number of ether oxygens (including phenoxy) is 2. The fourth-order valence-electron chi connectivity index (χ4n) is 1.24. The van der Waals surface area contributed by atoms with E-state index in [0.717, 1.165) is 0 Å². The van der Waals surface area contributed by atoms with Gasteiger partial charge in [-0.1, -0.05) is 40.9 Å². The van der Waals surface area contributed by atoms with Crippen LogP contribution in [0.5, 0.6) is 0 Å². The molecule has 16 heavy (non-hydrogen) atoms. The molecule has 0 unspecified atom stereocenters. The molecule has 0 spiro atoms.